The number of hydrogen-bond acceptors (Lipinski definition) is 6. The van der Waals surface area contributed by atoms with Crippen LogP contribution in [0.15, 0.2) is 10.3 Å². The normalized spacial score (nSPS) is 11.4. The van der Waals surface area contributed by atoms with E-state index in [-0.39, 0.29) is 12.8 Å². The Labute approximate surface area is 104 Å². The number of rotatable bonds is 6. The van der Waals surface area contributed by atoms with Gasteiger partial charge in [0.15, 0.2) is 0 Å². The highest BCUT2D eigenvalue weighted by Gasteiger charge is 1.98. The zero-order chi connectivity index (χ0) is 14.6. The second-order valence-corrected chi connectivity index (χ2v) is 3.46. The molecule has 0 atom stereocenters. The van der Waals surface area contributed by atoms with E-state index in [1.54, 1.807) is 13.8 Å². The Hall–Kier alpha value is -2.12. The lowest BCUT2D eigenvalue weighted by atomic mass is 10.2. The Morgan fingerprint density at radius 1 is 0.778 bits per heavy atom. The highest BCUT2D eigenvalue weighted by atomic mass is 16.4. The van der Waals surface area contributed by atoms with Crippen molar-refractivity contribution in [3.05, 3.63) is 0 Å². The van der Waals surface area contributed by atoms with Crippen LogP contribution in [-0.2, 0) is 9.59 Å². The first kappa shape index (κ1) is 18.3. The van der Waals surface area contributed by atoms with Gasteiger partial charge in [-0.25, -0.2) is 0 Å². The summed E-state index contributed by atoms with van der Waals surface area (Å²) >= 11 is 0. The minimum absolute atomic E-state index is 0.0237. The van der Waals surface area contributed by atoms with Crippen molar-refractivity contribution in [3.63, 3.8) is 0 Å². The summed E-state index contributed by atoms with van der Waals surface area (Å²) in [6.45, 7) is 3.14. The van der Waals surface area contributed by atoms with Crippen LogP contribution in [0.1, 0.15) is 39.5 Å². The van der Waals surface area contributed by atoms with E-state index in [2.05, 4.69) is 10.3 Å². The molecule has 0 fully saturated rings. The average molecular weight is 262 g/mol. The first-order valence-electron chi connectivity index (χ1n) is 5.12. The SMILES string of the molecule is C/C(CCC(=O)O)=N\O.C/C(CCC(=O)O)=N\O. The molecule has 0 rings (SSSR count). The molecule has 0 unspecified atom stereocenters. The quantitative estimate of drug-likeness (QED) is 0.324. The topological polar surface area (TPSA) is 140 Å². The molecule has 0 heterocycles. The molecule has 8 nitrogen and oxygen atoms in total. The summed E-state index contributed by atoms with van der Waals surface area (Å²) in [5.74, 6) is -1.75. The van der Waals surface area contributed by atoms with E-state index in [0.717, 1.165) is 0 Å². The fourth-order valence-corrected chi connectivity index (χ4v) is 0.676. The third-order valence-corrected chi connectivity index (χ3v) is 1.74. The van der Waals surface area contributed by atoms with Crippen LogP contribution in [0.3, 0.4) is 0 Å². The molecule has 0 aromatic heterocycles. The summed E-state index contributed by atoms with van der Waals surface area (Å²) in [6, 6.07) is 0. The zero-order valence-electron chi connectivity index (χ0n) is 10.3. The number of carbonyl (C=O) groups is 2. The van der Waals surface area contributed by atoms with Crippen LogP contribution < -0.4 is 0 Å². The van der Waals surface area contributed by atoms with Gasteiger partial charge in [0, 0.05) is 0 Å². The fraction of sp³-hybridized carbons (Fsp3) is 0.600. The van der Waals surface area contributed by atoms with E-state index in [1.807, 2.05) is 0 Å². The summed E-state index contributed by atoms with van der Waals surface area (Å²) in [7, 11) is 0. The van der Waals surface area contributed by atoms with Crippen LogP contribution >= 0.6 is 0 Å². The smallest absolute Gasteiger partial charge is 0.303 e. The van der Waals surface area contributed by atoms with Gasteiger partial charge in [-0.05, 0) is 26.7 Å². The van der Waals surface area contributed by atoms with Crippen molar-refractivity contribution in [2.75, 3.05) is 0 Å². The van der Waals surface area contributed by atoms with Gasteiger partial charge in [-0.2, -0.15) is 0 Å². The molecule has 0 radical (unpaired) electrons. The summed E-state index contributed by atoms with van der Waals surface area (Å²) in [6.07, 6.45) is 0.670. The van der Waals surface area contributed by atoms with Crippen LogP contribution in [0.2, 0.25) is 0 Å². The van der Waals surface area contributed by atoms with Crippen LogP contribution in [-0.4, -0.2) is 44.0 Å². The maximum absolute atomic E-state index is 9.88. The monoisotopic (exact) mass is 262 g/mol. The van der Waals surface area contributed by atoms with Gasteiger partial charge in [-0.15, -0.1) is 0 Å². The second kappa shape index (κ2) is 11.4. The lowest BCUT2D eigenvalue weighted by Gasteiger charge is -1.90. The molecular weight excluding hydrogens is 244 g/mol. The number of oxime groups is 2. The Balaban J connectivity index is 0. The molecule has 104 valence electrons. The molecule has 0 aliphatic rings. The molecule has 0 saturated heterocycles. The van der Waals surface area contributed by atoms with E-state index in [0.29, 0.717) is 24.3 Å². The number of hydrogen-bond donors (Lipinski definition) is 4. The van der Waals surface area contributed by atoms with Crippen molar-refractivity contribution in [2.24, 2.45) is 10.3 Å². The van der Waals surface area contributed by atoms with Crippen molar-refractivity contribution in [2.45, 2.75) is 39.5 Å². The maximum Gasteiger partial charge on any atom is 0.303 e. The minimum Gasteiger partial charge on any atom is -0.481 e. The molecular formula is C10H18N2O6. The number of carboxylic acids is 2. The standard InChI is InChI=1S/2C5H9NO3/c2*1-4(6-9)2-3-5(7)8/h2*9H,2-3H2,1H3,(H,7,8)/b2*6-4+. The Kier molecular flexibility index (Phi) is 11.5. The van der Waals surface area contributed by atoms with Crippen LogP contribution in [0.4, 0.5) is 0 Å². The molecule has 0 saturated carbocycles. The predicted octanol–water partition coefficient (Wildman–Crippen LogP) is 1.40. The van der Waals surface area contributed by atoms with Crippen LogP contribution in [0.5, 0.6) is 0 Å². The molecule has 0 aliphatic carbocycles. The van der Waals surface area contributed by atoms with Gasteiger partial charge in [-0.1, -0.05) is 10.3 Å². The summed E-state index contributed by atoms with van der Waals surface area (Å²) in [5.41, 5.74) is 0.884. The molecule has 0 aliphatic heterocycles. The van der Waals surface area contributed by atoms with Gasteiger partial charge < -0.3 is 20.6 Å². The van der Waals surface area contributed by atoms with Gasteiger partial charge in [-0.3, -0.25) is 9.59 Å². The van der Waals surface area contributed by atoms with E-state index in [9.17, 15) is 9.59 Å². The Morgan fingerprint density at radius 2 is 1.06 bits per heavy atom. The first-order valence-corrected chi connectivity index (χ1v) is 5.12. The largest absolute Gasteiger partial charge is 0.481 e. The Morgan fingerprint density at radius 3 is 1.22 bits per heavy atom. The molecule has 0 bridgehead atoms. The van der Waals surface area contributed by atoms with Crippen molar-refractivity contribution >= 4 is 23.4 Å². The molecule has 0 amide bonds. The molecule has 18 heavy (non-hydrogen) atoms. The third-order valence-electron chi connectivity index (χ3n) is 1.74. The van der Waals surface area contributed by atoms with Crippen molar-refractivity contribution < 1.29 is 30.2 Å². The van der Waals surface area contributed by atoms with Crippen molar-refractivity contribution in [1.82, 2.24) is 0 Å². The van der Waals surface area contributed by atoms with E-state index < -0.39 is 11.9 Å². The number of aliphatic carboxylic acids is 2. The zero-order valence-corrected chi connectivity index (χ0v) is 10.3. The molecule has 0 spiro atoms. The third kappa shape index (κ3) is 16.3. The summed E-state index contributed by atoms with van der Waals surface area (Å²) in [5, 5.41) is 38.0. The van der Waals surface area contributed by atoms with Gasteiger partial charge in [0.05, 0.1) is 24.3 Å². The lowest BCUT2D eigenvalue weighted by molar-refractivity contribution is -0.137. The predicted molar refractivity (Wildman–Crippen MR) is 63.5 cm³/mol. The molecule has 8 heteroatoms. The first-order chi connectivity index (χ1) is 8.33. The number of nitrogens with zero attached hydrogens (tertiary/aromatic N) is 2. The Bertz CT molecular complexity index is 292. The molecule has 0 aromatic rings. The maximum atomic E-state index is 9.88. The van der Waals surface area contributed by atoms with Crippen LogP contribution in [0, 0.1) is 0 Å². The van der Waals surface area contributed by atoms with Gasteiger partial charge in [0.1, 0.15) is 0 Å². The highest BCUT2D eigenvalue weighted by Crippen LogP contribution is 1.91. The van der Waals surface area contributed by atoms with E-state index >= 15 is 0 Å². The average Bonchev–Trinajstić information content (AvgIpc) is 2.33. The highest BCUT2D eigenvalue weighted by molar-refractivity contribution is 5.84. The van der Waals surface area contributed by atoms with Gasteiger partial charge in [0.25, 0.3) is 0 Å². The summed E-state index contributed by atoms with van der Waals surface area (Å²) < 4.78 is 0. The van der Waals surface area contributed by atoms with E-state index in [1.165, 1.54) is 0 Å². The summed E-state index contributed by atoms with van der Waals surface area (Å²) in [4.78, 5) is 19.8. The molecule has 0 aromatic carbocycles. The van der Waals surface area contributed by atoms with Gasteiger partial charge >= 0.3 is 11.9 Å². The van der Waals surface area contributed by atoms with Crippen molar-refractivity contribution in [3.8, 4) is 0 Å². The molecule has 4 N–H and O–H groups in total. The van der Waals surface area contributed by atoms with Gasteiger partial charge in [0.2, 0.25) is 0 Å². The number of carboxylic acid groups (broad SMARTS) is 2. The second-order valence-electron chi connectivity index (χ2n) is 3.46. The lowest BCUT2D eigenvalue weighted by Crippen LogP contribution is -1.99. The minimum atomic E-state index is -0.877. The van der Waals surface area contributed by atoms with Crippen molar-refractivity contribution in [1.29, 1.82) is 0 Å². The van der Waals surface area contributed by atoms with E-state index in [4.69, 9.17) is 20.6 Å². The fourth-order valence-electron chi connectivity index (χ4n) is 0.676. The van der Waals surface area contributed by atoms with Crippen LogP contribution in [0.25, 0.3) is 0 Å².